The van der Waals surface area contributed by atoms with Crippen molar-refractivity contribution >= 4 is 28.0 Å². The van der Waals surface area contributed by atoms with Crippen molar-refractivity contribution in [3.05, 3.63) is 108 Å². The van der Waals surface area contributed by atoms with Crippen LogP contribution in [0.1, 0.15) is 42.9 Å². The van der Waals surface area contributed by atoms with Crippen molar-refractivity contribution in [3.8, 4) is 5.75 Å². The summed E-state index contributed by atoms with van der Waals surface area (Å²) in [5.41, 5.74) is 7.09. The highest BCUT2D eigenvalue weighted by atomic mass is 16.5. The van der Waals surface area contributed by atoms with Gasteiger partial charge >= 0.3 is 0 Å². The van der Waals surface area contributed by atoms with Gasteiger partial charge in [-0.3, -0.25) is 9.89 Å². The van der Waals surface area contributed by atoms with Crippen LogP contribution in [0.15, 0.2) is 91.1 Å². The van der Waals surface area contributed by atoms with E-state index >= 15 is 0 Å². The SMILES string of the molecule is CCC(=C(c1ccc(OCCNCC=CC(=O)N2CCCC2)cc1)c1ccc2[nH]ncc2c1)c1ccccc1. The van der Waals surface area contributed by atoms with Gasteiger partial charge in [0.15, 0.2) is 0 Å². The van der Waals surface area contributed by atoms with Crippen LogP contribution in [0.4, 0.5) is 0 Å². The number of fused-ring (bicyclic) bond motifs is 1. The Morgan fingerprint density at radius 2 is 1.77 bits per heavy atom. The minimum Gasteiger partial charge on any atom is -0.492 e. The molecule has 6 nitrogen and oxygen atoms in total. The number of nitrogens with zero attached hydrogens (tertiary/aromatic N) is 2. The predicted molar refractivity (Wildman–Crippen MR) is 159 cm³/mol. The summed E-state index contributed by atoms with van der Waals surface area (Å²) >= 11 is 0. The molecule has 0 atom stereocenters. The lowest BCUT2D eigenvalue weighted by atomic mass is 9.88. The summed E-state index contributed by atoms with van der Waals surface area (Å²) in [6, 6.07) is 25.4. The fourth-order valence-corrected chi connectivity index (χ4v) is 5.12. The van der Waals surface area contributed by atoms with Gasteiger partial charge in [0.1, 0.15) is 12.4 Å². The van der Waals surface area contributed by atoms with Gasteiger partial charge in [0.2, 0.25) is 5.91 Å². The van der Waals surface area contributed by atoms with E-state index in [4.69, 9.17) is 4.74 Å². The number of ether oxygens (including phenoxy) is 1. The maximum Gasteiger partial charge on any atom is 0.246 e. The number of hydrogen-bond donors (Lipinski definition) is 2. The fraction of sp³-hybridized carbons (Fsp3) is 0.273. The van der Waals surface area contributed by atoms with E-state index in [0.29, 0.717) is 19.7 Å². The van der Waals surface area contributed by atoms with Gasteiger partial charge in [0.05, 0.1) is 11.7 Å². The minimum absolute atomic E-state index is 0.113. The van der Waals surface area contributed by atoms with Crippen molar-refractivity contribution in [3.63, 3.8) is 0 Å². The molecule has 6 heteroatoms. The molecular formula is C33H36N4O2. The van der Waals surface area contributed by atoms with Crippen LogP contribution in [0.2, 0.25) is 0 Å². The Hall–Kier alpha value is -4.16. The first-order valence-corrected chi connectivity index (χ1v) is 13.8. The predicted octanol–water partition coefficient (Wildman–Crippen LogP) is 6.08. The number of allylic oxidation sites excluding steroid dienone is 1. The van der Waals surface area contributed by atoms with Crippen molar-refractivity contribution in [2.45, 2.75) is 26.2 Å². The van der Waals surface area contributed by atoms with Gasteiger partial charge in [-0.15, -0.1) is 0 Å². The molecule has 1 aliphatic heterocycles. The lowest BCUT2D eigenvalue weighted by Gasteiger charge is -2.17. The van der Waals surface area contributed by atoms with Crippen LogP contribution in [0.25, 0.3) is 22.0 Å². The van der Waals surface area contributed by atoms with Gasteiger partial charge in [-0.25, -0.2) is 0 Å². The van der Waals surface area contributed by atoms with Crippen molar-refractivity contribution in [1.29, 1.82) is 0 Å². The molecule has 4 aromatic rings. The van der Waals surface area contributed by atoms with Crippen LogP contribution in [-0.2, 0) is 4.79 Å². The average Bonchev–Trinajstić information content (AvgIpc) is 3.69. The second-order valence-electron chi connectivity index (χ2n) is 9.76. The van der Waals surface area contributed by atoms with Crippen LogP contribution in [0.5, 0.6) is 5.75 Å². The third-order valence-corrected chi connectivity index (χ3v) is 7.14. The first kappa shape index (κ1) is 26.4. The molecule has 1 fully saturated rings. The quantitative estimate of drug-likeness (QED) is 0.143. The molecule has 0 spiro atoms. The Bertz CT molecular complexity index is 1430. The Labute approximate surface area is 230 Å². The lowest BCUT2D eigenvalue weighted by molar-refractivity contribution is -0.125. The first-order valence-electron chi connectivity index (χ1n) is 13.8. The molecular weight excluding hydrogens is 484 g/mol. The fourth-order valence-electron chi connectivity index (χ4n) is 5.12. The van der Waals surface area contributed by atoms with Crippen LogP contribution < -0.4 is 10.1 Å². The van der Waals surface area contributed by atoms with Gasteiger partial charge in [0.25, 0.3) is 0 Å². The molecule has 0 radical (unpaired) electrons. The first-order chi connectivity index (χ1) is 19.2. The molecule has 0 unspecified atom stereocenters. The number of benzene rings is 3. The van der Waals surface area contributed by atoms with E-state index in [2.05, 4.69) is 83.1 Å². The zero-order valence-corrected chi connectivity index (χ0v) is 22.5. The summed E-state index contributed by atoms with van der Waals surface area (Å²) in [7, 11) is 0. The molecule has 1 aromatic heterocycles. The second-order valence-corrected chi connectivity index (χ2v) is 9.76. The molecule has 2 heterocycles. The highest BCUT2D eigenvalue weighted by molar-refractivity contribution is 6.00. The number of carbonyl (C=O) groups excluding carboxylic acids is 1. The molecule has 0 saturated carbocycles. The summed E-state index contributed by atoms with van der Waals surface area (Å²) in [5, 5.41) is 11.7. The highest BCUT2D eigenvalue weighted by Crippen LogP contribution is 2.36. The van der Waals surface area contributed by atoms with Crippen LogP contribution in [-0.4, -0.2) is 53.8 Å². The molecule has 39 heavy (non-hydrogen) atoms. The van der Waals surface area contributed by atoms with Crippen LogP contribution in [0, 0.1) is 0 Å². The molecule has 1 aliphatic rings. The molecule has 0 aliphatic carbocycles. The monoisotopic (exact) mass is 520 g/mol. The van der Waals surface area contributed by atoms with Crippen molar-refractivity contribution in [1.82, 2.24) is 20.4 Å². The van der Waals surface area contributed by atoms with E-state index < -0.39 is 0 Å². The number of carbonyl (C=O) groups is 1. The third-order valence-electron chi connectivity index (χ3n) is 7.14. The number of H-pyrrole nitrogens is 1. The van der Waals surface area contributed by atoms with Gasteiger partial charge in [0, 0.05) is 37.6 Å². The van der Waals surface area contributed by atoms with Crippen LogP contribution >= 0.6 is 0 Å². The van der Waals surface area contributed by atoms with E-state index in [1.165, 1.54) is 22.3 Å². The van der Waals surface area contributed by atoms with Gasteiger partial charge < -0.3 is 15.0 Å². The maximum atomic E-state index is 12.1. The lowest BCUT2D eigenvalue weighted by Crippen LogP contribution is -2.26. The Morgan fingerprint density at radius 3 is 2.54 bits per heavy atom. The Kier molecular flexibility index (Phi) is 8.86. The highest BCUT2D eigenvalue weighted by Gasteiger charge is 2.15. The van der Waals surface area contributed by atoms with Gasteiger partial charge in [-0.1, -0.05) is 61.5 Å². The van der Waals surface area contributed by atoms with Crippen molar-refractivity contribution in [2.24, 2.45) is 0 Å². The summed E-state index contributed by atoms with van der Waals surface area (Å²) < 4.78 is 5.98. The normalized spacial score (nSPS) is 14.2. The molecule has 1 saturated heterocycles. The summed E-state index contributed by atoms with van der Waals surface area (Å²) in [5.74, 6) is 0.949. The smallest absolute Gasteiger partial charge is 0.246 e. The maximum absolute atomic E-state index is 12.1. The standard InChI is InChI=1S/C33H36N4O2/c1-2-30(25-9-4-3-5-10-25)33(27-14-17-31-28(23-27)24-35-36-31)26-12-15-29(16-13-26)39-22-19-34-18-8-11-32(38)37-20-6-7-21-37/h3-5,8-17,23-24,34H,2,6-7,18-22H2,1H3,(H,35,36). The number of likely N-dealkylation sites (tertiary alicyclic amines) is 1. The van der Waals surface area contributed by atoms with E-state index in [0.717, 1.165) is 54.6 Å². The van der Waals surface area contributed by atoms with E-state index in [9.17, 15) is 4.79 Å². The number of nitrogens with one attached hydrogen (secondary N) is 2. The Balaban J connectivity index is 1.25. The zero-order chi connectivity index (χ0) is 26.9. The van der Waals surface area contributed by atoms with Crippen molar-refractivity contribution < 1.29 is 9.53 Å². The van der Waals surface area contributed by atoms with E-state index in [-0.39, 0.29) is 5.91 Å². The molecule has 1 amide bonds. The number of hydrogen-bond acceptors (Lipinski definition) is 4. The van der Waals surface area contributed by atoms with E-state index in [1.807, 2.05) is 29.3 Å². The summed E-state index contributed by atoms with van der Waals surface area (Å²) in [6.07, 6.45) is 8.57. The molecule has 0 bridgehead atoms. The summed E-state index contributed by atoms with van der Waals surface area (Å²) in [4.78, 5) is 14.0. The van der Waals surface area contributed by atoms with Crippen LogP contribution in [0.3, 0.4) is 0 Å². The number of aromatic amines is 1. The third kappa shape index (κ3) is 6.65. The van der Waals surface area contributed by atoms with Crippen molar-refractivity contribution in [2.75, 3.05) is 32.8 Å². The van der Waals surface area contributed by atoms with Gasteiger partial charge in [-0.2, -0.15) is 5.10 Å². The molecule has 5 rings (SSSR count). The average molecular weight is 521 g/mol. The largest absolute Gasteiger partial charge is 0.492 e. The van der Waals surface area contributed by atoms with E-state index in [1.54, 1.807) is 6.08 Å². The number of rotatable bonds is 11. The molecule has 3 aromatic carbocycles. The zero-order valence-electron chi connectivity index (χ0n) is 22.5. The van der Waals surface area contributed by atoms with Gasteiger partial charge in [-0.05, 0) is 71.4 Å². The second kappa shape index (κ2) is 13.1. The Morgan fingerprint density at radius 1 is 1.00 bits per heavy atom. The summed E-state index contributed by atoms with van der Waals surface area (Å²) in [6.45, 7) is 5.88. The number of amides is 1. The number of aromatic nitrogens is 2. The molecule has 2 N–H and O–H groups in total. The topological polar surface area (TPSA) is 70.2 Å². The molecule has 200 valence electrons. The minimum atomic E-state index is 0.113.